The van der Waals surface area contributed by atoms with Crippen LogP contribution in [0.1, 0.15) is 284 Å². The Morgan fingerprint density at radius 2 is 0.557 bits per heavy atom. The topological polar surface area (TPSA) is 78.9 Å². The standard InChI is InChI=1S/C64H110O6/c1-4-7-10-13-16-19-22-25-28-30-31-32-33-35-36-39-42-45-48-51-54-57-63(66)69-60-61(59-68-62(65)56-53-50-47-44-41-38-27-24-21-18-15-12-9-6-3)70-64(67)58-55-52-49-46-43-40-37-34-29-26-23-20-17-14-11-8-5-2/h8,11,17,20,22,24-27,29-31,37,40,61H,4-7,9-10,12-16,18-19,21,23,28,32-36,38-39,41-60H2,1-3H3/b11-8-,20-17-,25-22-,27-24-,29-26-,31-30-,40-37-. The molecular weight excluding hydrogens is 865 g/mol. The van der Waals surface area contributed by atoms with Gasteiger partial charge in [-0.1, -0.05) is 234 Å². The molecule has 0 aliphatic rings. The Hall–Kier alpha value is -3.41. The predicted molar refractivity (Wildman–Crippen MR) is 302 cm³/mol. The fourth-order valence-electron chi connectivity index (χ4n) is 8.16. The summed E-state index contributed by atoms with van der Waals surface area (Å²) in [6, 6.07) is 0. The lowest BCUT2D eigenvalue weighted by Crippen LogP contribution is -2.30. The van der Waals surface area contributed by atoms with Crippen molar-refractivity contribution >= 4 is 17.9 Å². The predicted octanol–water partition coefficient (Wildman–Crippen LogP) is 19.9. The van der Waals surface area contributed by atoms with Crippen molar-refractivity contribution in [3.05, 3.63) is 85.1 Å². The minimum Gasteiger partial charge on any atom is -0.462 e. The SMILES string of the molecule is CC/C=C\C/C=C\C/C=C\C/C=C\CCCCCCC(=O)OC(COC(=O)CCCCCCC/C=C\CCCCCCC)COC(=O)CCCCCCCCCCC/C=C\C/C=C\CCCCCCC. The minimum atomic E-state index is -0.796. The van der Waals surface area contributed by atoms with Crippen LogP contribution in [0.4, 0.5) is 0 Å². The summed E-state index contributed by atoms with van der Waals surface area (Å²) >= 11 is 0. The van der Waals surface area contributed by atoms with Gasteiger partial charge in [0.25, 0.3) is 0 Å². The quantitative estimate of drug-likeness (QED) is 0.0261. The third-order valence-corrected chi connectivity index (χ3v) is 12.6. The second kappa shape index (κ2) is 58.2. The Kier molecular flexibility index (Phi) is 55.3. The Bertz CT molecular complexity index is 1350. The average Bonchev–Trinajstić information content (AvgIpc) is 3.36. The Morgan fingerprint density at radius 1 is 0.300 bits per heavy atom. The molecule has 1 atom stereocenters. The molecule has 0 bridgehead atoms. The van der Waals surface area contributed by atoms with E-state index in [-0.39, 0.29) is 31.1 Å². The molecule has 0 aliphatic carbocycles. The fourth-order valence-corrected chi connectivity index (χ4v) is 8.16. The van der Waals surface area contributed by atoms with Crippen LogP contribution in [0.15, 0.2) is 85.1 Å². The average molecular weight is 976 g/mol. The van der Waals surface area contributed by atoms with Gasteiger partial charge < -0.3 is 14.2 Å². The highest BCUT2D eigenvalue weighted by Crippen LogP contribution is 2.15. The Balaban J connectivity index is 4.41. The number of esters is 3. The Labute approximate surface area is 433 Å². The van der Waals surface area contributed by atoms with E-state index in [2.05, 4.69) is 106 Å². The molecule has 0 radical (unpaired) electrons. The van der Waals surface area contributed by atoms with Crippen molar-refractivity contribution in [2.45, 2.75) is 290 Å². The number of carbonyl (C=O) groups excluding carboxylic acids is 3. The van der Waals surface area contributed by atoms with Crippen LogP contribution >= 0.6 is 0 Å². The second-order valence-corrected chi connectivity index (χ2v) is 19.5. The fraction of sp³-hybridized carbons (Fsp3) is 0.734. The molecule has 6 heteroatoms. The molecule has 0 amide bonds. The number of ether oxygens (including phenoxy) is 3. The van der Waals surface area contributed by atoms with Gasteiger partial charge in [-0.05, 0) is 116 Å². The van der Waals surface area contributed by atoms with E-state index in [0.29, 0.717) is 19.3 Å². The molecule has 0 saturated heterocycles. The molecule has 0 aromatic carbocycles. The molecule has 0 N–H and O–H groups in total. The maximum Gasteiger partial charge on any atom is 0.306 e. The molecule has 0 fully saturated rings. The summed E-state index contributed by atoms with van der Waals surface area (Å²) in [6.07, 6.45) is 75.7. The Morgan fingerprint density at radius 3 is 0.886 bits per heavy atom. The number of allylic oxidation sites excluding steroid dienone is 14. The van der Waals surface area contributed by atoms with E-state index in [9.17, 15) is 14.4 Å². The van der Waals surface area contributed by atoms with E-state index in [0.717, 1.165) is 109 Å². The lowest BCUT2D eigenvalue weighted by atomic mass is 10.1. The summed E-state index contributed by atoms with van der Waals surface area (Å²) in [7, 11) is 0. The van der Waals surface area contributed by atoms with Gasteiger partial charge in [-0.2, -0.15) is 0 Å². The first kappa shape index (κ1) is 66.6. The lowest BCUT2D eigenvalue weighted by Gasteiger charge is -2.18. The van der Waals surface area contributed by atoms with E-state index in [1.807, 2.05) is 0 Å². The summed E-state index contributed by atoms with van der Waals surface area (Å²) in [5.74, 6) is -0.921. The largest absolute Gasteiger partial charge is 0.462 e. The van der Waals surface area contributed by atoms with Crippen molar-refractivity contribution in [1.82, 2.24) is 0 Å². The van der Waals surface area contributed by atoms with Gasteiger partial charge in [0.15, 0.2) is 6.10 Å². The second-order valence-electron chi connectivity index (χ2n) is 19.5. The molecule has 1 unspecified atom stereocenters. The number of hydrogen-bond acceptors (Lipinski definition) is 6. The van der Waals surface area contributed by atoms with E-state index < -0.39 is 6.10 Å². The summed E-state index contributed by atoms with van der Waals surface area (Å²) in [5, 5.41) is 0. The summed E-state index contributed by atoms with van der Waals surface area (Å²) < 4.78 is 16.9. The van der Waals surface area contributed by atoms with Crippen LogP contribution in [-0.2, 0) is 28.6 Å². The molecule has 0 heterocycles. The normalized spacial score (nSPS) is 12.7. The van der Waals surface area contributed by atoms with Crippen LogP contribution in [0, 0.1) is 0 Å². The van der Waals surface area contributed by atoms with E-state index in [1.165, 1.54) is 135 Å². The van der Waals surface area contributed by atoms with E-state index in [1.54, 1.807) is 0 Å². The zero-order valence-corrected chi connectivity index (χ0v) is 46.0. The van der Waals surface area contributed by atoms with Gasteiger partial charge in [-0.3, -0.25) is 14.4 Å². The molecule has 0 aliphatic heterocycles. The smallest absolute Gasteiger partial charge is 0.306 e. The van der Waals surface area contributed by atoms with Gasteiger partial charge in [0, 0.05) is 19.3 Å². The van der Waals surface area contributed by atoms with Crippen molar-refractivity contribution in [3.8, 4) is 0 Å². The van der Waals surface area contributed by atoms with Gasteiger partial charge in [0.05, 0.1) is 0 Å². The number of rotatable bonds is 53. The number of carbonyl (C=O) groups is 3. The monoisotopic (exact) mass is 975 g/mol. The van der Waals surface area contributed by atoms with Crippen LogP contribution < -0.4 is 0 Å². The molecule has 0 spiro atoms. The molecule has 0 aromatic rings. The van der Waals surface area contributed by atoms with E-state index >= 15 is 0 Å². The maximum absolute atomic E-state index is 12.9. The van der Waals surface area contributed by atoms with Crippen LogP contribution in [0.3, 0.4) is 0 Å². The van der Waals surface area contributed by atoms with Gasteiger partial charge in [-0.15, -0.1) is 0 Å². The van der Waals surface area contributed by atoms with Gasteiger partial charge in [0.2, 0.25) is 0 Å². The third kappa shape index (κ3) is 55.5. The molecule has 0 rings (SSSR count). The molecule has 0 aromatic heterocycles. The highest BCUT2D eigenvalue weighted by molar-refractivity contribution is 5.71. The zero-order chi connectivity index (χ0) is 50.7. The van der Waals surface area contributed by atoms with Crippen molar-refractivity contribution in [2.24, 2.45) is 0 Å². The maximum atomic E-state index is 12.9. The number of hydrogen-bond donors (Lipinski definition) is 0. The summed E-state index contributed by atoms with van der Waals surface area (Å²) in [4.78, 5) is 38.2. The third-order valence-electron chi connectivity index (χ3n) is 12.6. The van der Waals surface area contributed by atoms with Crippen molar-refractivity contribution in [3.63, 3.8) is 0 Å². The minimum absolute atomic E-state index is 0.0912. The summed E-state index contributed by atoms with van der Waals surface area (Å²) in [5.41, 5.74) is 0. The van der Waals surface area contributed by atoms with Crippen LogP contribution in [-0.4, -0.2) is 37.2 Å². The van der Waals surface area contributed by atoms with Crippen LogP contribution in [0.5, 0.6) is 0 Å². The first-order chi connectivity index (χ1) is 34.5. The number of unbranched alkanes of at least 4 members (excludes halogenated alkanes) is 28. The first-order valence-corrected chi connectivity index (χ1v) is 29.6. The molecular formula is C64H110O6. The van der Waals surface area contributed by atoms with Crippen molar-refractivity contribution in [2.75, 3.05) is 13.2 Å². The highest BCUT2D eigenvalue weighted by Gasteiger charge is 2.19. The van der Waals surface area contributed by atoms with Crippen LogP contribution in [0.25, 0.3) is 0 Å². The lowest BCUT2D eigenvalue weighted by molar-refractivity contribution is -0.167. The molecule has 6 nitrogen and oxygen atoms in total. The van der Waals surface area contributed by atoms with Crippen molar-refractivity contribution in [1.29, 1.82) is 0 Å². The molecule has 402 valence electrons. The van der Waals surface area contributed by atoms with Crippen molar-refractivity contribution < 1.29 is 28.6 Å². The molecule has 70 heavy (non-hydrogen) atoms. The van der Waals surface area contributed by atoms with Gasteiger partial charge in [-0.25, -0.2) is 0 Å². The summed E-state index contributed by atoms with van der Waals surface area (Å²) in [6.45, 7) is 6.49. The van der Waals surface area contributed by atoms with E-state index in [4.69, 9.17) is 14.2 Å². The first-order valence-electron chi connectivity index (χ1n) is 29.6. The van der Waals surface area contributed by atoms with Gasteiger partial charge in [0.1, 0.15) is 13.2 Å². The zero-order valence-electron chi connectivity index (χ0n) is 46.0. The van der Waals surface area contributed by atoms with Crippen LogP contribution in [0.2, 0.25) is 0 Å². The molecule has 0 saturated carbocycles. The highest BCUT2D eigenvalue weighted by atomic mass is 16.6. The van der Waals surface area contributed by atoms with Gasteiger partial charge >= 0.3 is 17.9 Å².